The van der Waals surface area contributed by atoms with Crippen molar-refractivity contribution >= 4 is 29.1 Å². The van der Waals surface area contributed by atoms with Gasteiger partial charge in [0.1, 0.15) is 17.8 Å². The van der Waals surface area contributed by atoms with Gasteiger partial charge in [-0.2, -0.15) is 0 Å². The van der Waals surface area contributed by atoms with Crippen LogP contribution in [0.3, 0.4) is 0 Å². The molecule has 0 saturated carbocycles. The van der Waals surface area contributed by atoms with E-state index in [1.165, 1.54) is 13.4 Å². The molecular formula is C22H22N4O3. The fourth-order valence-corrected chi connectivity index (χ4v) is 2.96. The minimum Gasteiger partial charge on any atom is -0.465 e. The molecule has 1 aromatic heterocycles. The van der Waals surface area contributed by atoms with Crippen LogP contribution in [0.5, 0.6) is 0 Å². The molecule has 3 rings (SSSR count). The minimum absolute atomic E-state index is 0.195. The van der Waals surface area contributed by atoms with Gasteiger partial charge >= 0.3 is 5.97 Å². The normalized spacial score (nSPS) is 10.3. The summed E-state index contributed by atoms with van der Waals surface area (Å²) in [6.07, 6.45) is 1.36. The van der Waals surface area contributed by atoms with Crippen LogP contribution in [-0.4, -0.2) is 35.5 Å². The first-order valence-corrected chi connectivity index (χ1v) is 9.18. The number of amides is 1. The summed E-state index contributed by atoms with van der Waals surface area (Å²) in [5, 5.41) is 2.73. The molecule has 7 heteroatoms. The predicted octanol–water partition coefficient (Wildman–Crippen LogP) is 3.98. The van der Waals surface area contributed by atoms with Crippen LogP contribution in [0.4, 0.5) is 17.2 Å². The van der Waals surface area contributed by atoms with Gasteiger partial charge in [-0.1, -0.05) is 24.3 Å². The molecule has 2 aromatic carbocycles. The van der Waals surface area contributed by atoms with Crippen molar-refractivity contribution in [3.8, 4) is 0 Å². The lowest BCUT2D eigenvalue weighted by Crippen LogP contribution is -2.20. The maximum atomic E-state index is 12.8. The van der Waals surface area contributed by atoms with Gasteiger partial charge in [0.2, 0.25) is 0 Å². The highest BCUT2D eigenvalue weighted by Gasteiger charge is 2.17. The Hall–Kier alpha value is -3.74. The molecule has 1 amide bonds. The quantitative estimate of drug-likeness (QED) is 0.641. The molecule has 0 spiro atoms. The maximum Gasteiger partial charge on any atom is 0.339 e. The van der Waals surface area contributed by atoms with Crippen LogP contribution in [-0.2, 0) is 4.74 Å². The number of esters is 1. The number of methoxy groups -OCH3 is 1. The second-order valence-corrected chi connectivity index (χ2v) is 6.34. The molecule has 148 valence electrons. The zero-order chi connectivity index (χ0) is 20.8. The Labute approximate surface area is 169 Å². The summed E-state index contributed by atoms with van der Waals surface area (Å²) in [6.45, 7) is 4.71. The van der Waals surface area contributed by atoms with E-state index in [-0.39, 0.29) is 11.3 Å². The third-order valence-corrected chi connectivity index (χ3v) is 4.37. The summed E-state index contributed by atoms with van der Waals surface area (Å²) < 4.78 is 4.77. The van der Waals surface area contributed by atoms with Crippen molar-refractivity contribution in [2.24, 2.45) is 0 Å². The molecule has 0 radical (unpaired) electrons. The molecule has 0 aliphatic carbocycles. The number of hydrogen-bond acceptors (Lipinski definition) is 6. The first-order chi connectivity index (χ1) is 14.0. The van der Waals surface area contributed by atoms with E-state index in [9.17, 15) is 9.59 Å². The average molecular weight is 390 g/mol. The lowest BCUT2D eigenvalue weighted by atomic mass is 10.1. The first-order valence-electron chi connectivity index (χ1n) is 9.18. The molecule has 29 heavy (non-hydrogen) atoms. The molecule has 7 nitrogen and oxygen atoms in total. The number of nitrogens with one attached hydrogen (secondary N) is 1. The Kier molecular flexibility index (Phi) is 6.19. The van der Waals surface area contributed by atoms with Crippen molar-refractivity contribution in [3.63, 3.8) is 0 Å². The van der Waals surface area contributed by atoms with Crippen molar-refractivity contribution < 1.29 is 14.3 Å². The molecule has 0 unspecified atom stereocenters. The van der Waals surface area contributed by atoms with E-state index in [2.05, 4.69) is 21.4 Å². The smallest absolute Gasteiger partial charge is 0.339 e. The molecule has 0 aliphatic heterocycles. The molecule has 0 saturated heterocycles. The summed E-state index contributed by atoms with van der Waals surface area (Å²) in [5.41, 5.74) is 2.94. The van der Waals surface area contributed by atoms with E-state index < -0.39 is 11.9 Å². The fraction of sp³-hybridized carbons (Fsp3) is 0.182. The van der Waals surface area contributed by atoms with E-state index in [4.69, 9.17) is 4.74 Å². The highest BCUT2D eigenvalue weighted by molar-refractivity contribution is 6.07. The molecule has 0 fully saturated rings. The van der Waals surface area contributed by atoms with Crippen LogP contribution >= 0.6 is 0 Å². The molecule has 0 bridgehead atoms. The van der Waals surface area contributed by atoms with Crippen LogP contribution in [0.2, 0.25) is 0 Å². The van der Waals surface area contributed by atoms with Gasteiger partial charge in [0, 0.05) is 18.3 Å². The second-order valence-electron chi connectivity index (χ2n) is 6.34. The summed E-state index contributed by atoms with van der Waals surface area (Å²) in [5.74, 6) is -0.356. The summed E-state index contributed by atoms with van der Waals surface area (Å²) in [4.78, 5) is 35.1. The number of aryl methyl sites for hydroxylation is 1. The number of anilines is 3. The minimum atomic E-state index is -0.527. The molecule has 0 atom stereocenters. The van der Waals surface area contributed by atoms with Gasteiger partial charge in [0.25, 0.3) is 5.91 Å². The maximum absolute atomic E-state index is 12.8. The second kappa shape index (κ2) is 8.97. The Morgan fingerprint density at radius 2 is 1.86 bits per heavy atom. The first kappa shape index (κ1) is 20.0. The molecule has 0 aliphatic rings. The lowest BCUT2D eigenvalue weighted by Gasteiger charge is -2.22. The van der Waals surface area contributed by atoms with E-state index in [0.29, 0.717) is 18.1 Å². The molecular weight excluding hydrogens is 368 g/mol. The predicted molar refractivity (Wildman–Crippen MR) is 112 cm³/mol. The van der Waals surface area contributed by atoms with Crippen molar-refractivity contribution in [2.45, 2.75) is 13.8 Å². The van der Waals surface area contributed by atoms with Crippen molar-refractivity contribution in [2.75, 3.05) is 23.9 Å². The Morgan fingerprint density at radius 1 is 1.07 bits per heavy atom. The number of rotatable bonds is 6. The number of carbonyl (C=O) groups is 2. The number of para-hydroxylation sites is 1. The van der Waals surface area contributed by atoms with Crippen LogP contribution in [0, 0.1) is 6.92 Å². The summed E-state index contributed by atoms with van der Waals surface area (Å²) >= 11 is 0. The zero-order valence-corrected chi connectivity index (χ0v) is 16.5. The van der Waals surface area contributed by atoms with Gasteiger partial charge in [-0.15, -0.1) is 0 Å². The van der Waals surface area contributed by atoms with Crippen molar-refractivity contribution in [1.82, 2.24) is 9.97 Å². The van der Waals surface area contributed by atoms with Gasteiger partial charge in [-0.05, 0) is 43.7 Å². The van der Waals surface area contributed by atoms with Gasteiger partial charge < -0.3 is 15.0 Å². The number of ether oxygens (including phenoxy) is 1. The van der Waals surface area contributed by atoms with Crippen molar-refractivity contribution in [3.05, 3.63) is 77.7 Å². The Bertz CT molecular complexity index is 1040. The Balaban J connectivity index is 1.88. The standard InChI is InChI=1S/C22H22N4O3/c1-4-26(16-9-7-8-15(2)12-16)20-13-19(23-14-24-20)21(27)25-18-11-6-5-10-17(18)22(28)29-3/h5-14H,4H2,1-3H3,(H,25,27). The molecule has 1 N–H and O–H groups in total. The van der Waals surface area contributed by atoms with E-state index >= 15 is 0 Å². The zero-order valence-electron chi connectivity index (χ0n) is 16.5. The highest BCUT2D eigenvalue weighted by atomic mass is 16.5. The number of benzene rings is 2. The summed E-state index contributed by atoms with van der Waals surface area (Å²) in [7, 11) is 1.29. The third-order valence-electron chi connectivity index (χ3n) is 4.37. The summed E-state index contributed by atoms with van der Waals surface area (Å²) in [6, 6.07) is 16.3. The van der Waals surface area contributed by atoms with Gasteiger partial charge in [-0.25, -0.2) is 14.8 Å². The van der Waals surface area contributed by atoms with Gasteiger partial charge in [0.15, 0.2) is 0 Å². The number of nitrogens with zero attached hydrogens (tertiary/aromatic N) is 3. The number of aromatic nitrogens is 2. The lowest BCUT2D eigenvalue weighted by molar-refractivity contribution is 0.0602. The Morgan fingerprint density at radius 3 is 2.59 bits per heavy atom. The number of hydrogen-bond donors (Lipinski definition) is 1. The van der Waals surface area contributed by atoms with Gasteiger partial charge in [0.05, 0.1) is 18.4 Å². The molecule has 3 aromatic rings. The van der Waals surface area contributed by atoms with Crippen LogP contribution in [0.15, 0.2) is 60.9 Å². The van der Waals surface area contributed by atoms with E-state index in [1.54, 1.807) is 30.3 Å². The largest absolute Gasteiger partial charge is 0.465 e. The monoisotopic (exact) mass is 390 g/mol. The van der Waals surface area contributed by atoms with Gasteiger partial charge in [-0.3, -0.25) is 4.79 Å². The average Bonchev–Trinajstić information content (AvgIpc) is 2.74. The number of carbonyl (C=O) groups excluding carboxylic acids is 2. The SMILES string of the molecule is CCN(c1cccc(C)c1)c1cc(C(=O)Nc2ccccc2C(=O)OC)ncn1. The topological polar surface area (TPSA) is 84.4 Å². The van der Waals surface area contributed by atoms with Crippen LogP contribution < -0.4 is 10.2 Å². The molecule has 1 heterocycles. The third kappa shape index (κ3) is 4.57. The fourth-order valence-electron chi connectivity index (χ4n) is 2.96. The highest BCUT2D eigenvalue weighted by Crippen LogP contribution is 2.24. The van der Waals surface area contributed by atoms with E-state index in [1.807, 2.05) is 36.9 Å². The van der Waals surface area contributed by atoms with E-state index in [0.717, 1.165) is 11.3 Å². The van der Waals surface area contributed by atoms with Crippen LogP contribution in [0.1, 0.15) is 33.3 Å². The van der Waals surface area contributed by atoms with Crippen molar-refractivity contribution in [1.29, 1.82) is 0 Å². The van der Waals surface area contributed by atoms with Crippen LogP contribution in [0.25, 0.3) is 0 Å².